The Morgan fingerprint density at radius 3 is 2.50 bits per heavy atom. The van der Waals surface area contributed by atoms with Gasteiger partial charge in [0.05, 0.1) is 0 Å². The Hall–Kier alpha value is -1.30. The first kappa shape index (κ1) is 16.7. The number of nitrogens with one attached hydrogen (secondary N) is 1. The van der Waals surface area contributed by atoms with Gasteiger partial charge in [0.15, 0.2) is 5.84 Å². The summed E-state index contributed by atoms with van der Waals surface area (Å²) in [5.41, 5.74) is 4.63. The van der Waals surface area contributed by atoms with Gasteiger partial charge in [-0.3, -0.25) is 4.79 Å². The smallest absolute Gasteiger partial charge is 0.233 e. The van der Waals surface area contributed by atoms with Gasteiger partial charge in [-0.05, 0) is 47.3 Å². The van der Waals surface area contributed by atoms with Crippen LogP contribution in [-0.4, -0.2) is 48.5 Å². The van der Waals surface area contributed by atoms with Gasteiger partial charge in [-0.15, -0.1) is 0 Å². The second-order valence-corrected chi connectivity index (χ2v) is 5.14. The first-order valence-corrected chi connectivity index (χ1v) is 6.21. The zero-order valence-electron chi connectivity index (χ0n) is 12.0. The van der Waals surface area contributed by atoms with Crippen molar-refractivity contribution >= 4 is 11.7 Å². The molecule has 4 N–H and O–H groups in total. The van der Waals surface area contributed by atoms with Crippen molar-refractivity contribution in [2.24, 2.45) is 16.3 Å². The standard InChI is InChI=1S/C12H26N4O2/c1-6-12(3,10(13)15-18)11(17)14-9(2)7-8-16(4)5/h9,18H,6-8H2,1-5H3,(H2,13,15)(H,14,17). The van der Waals surface area contributed by atoms with Crippen molar-refractivity contribution in [2.75, 3.05) is 20.6 Å². The predicted octanol–water partition coefficient (Wildman–Crippen LogP) is 0.606. The Morgan fingerprint density at radius 2 is 2.11 bits per heavy atom. The maximum Gasteiger partial charge on any atom is 0.233 e. The van der Waals surface area contributed by atoms with Crippen LogP contribution in [0.15, 0.2) is 5.16 Å². The average Bonchev–Trinajstić information content (AvgIpc) is 2.33. The Bertz CT molecular complexity index is 304. The van der Waals surface area contributed by atoms with Crippen molar-refractivity contribution in [3.05, 3.63) is 0 Å². The number of amides is 1. The largest absolute Gasteiger partial charge is 0.409 e. The third-order valence-electron chi connectivity index (χ3n) is 3.27. The van der Waals surface area contributed by atoms with E-state index in [-0.39, 0.29) is 17.8 Å². The molecule has 0 saturated heterocycles. The summed E-state index contributed by atoms with van der Waals surface area (Å²) in [6.45, 7) is 6.36. The van der Waals surface area contributed by atoms with Gasteiger partial charge in [0.25, 0.3) is 0 Å². The number of carbonyl (C=O) groups excluding carboxylic acids is 1. The second kappa shape index (κ2) is 7.20. The summed E-state index contributed by atoms with van der Waals surface area (Å²) in [4.78, 5) is 14.2. The van der Waals surface area contributed by atoms with Crippen LogP contribution in [-0.2, 0) is 4.79 Å². The van der Waals surface area contributed by atoms with E-state index in [1.54, 1.807) is 6.92 Å². The van der Waals surface area contributed by atoms with Gasteiger partial charge >= 0.3 is 0 Å². The van der Waals surface area contributed by atoms with E-state index in [0.29, 0.717) is 6.42 Å². The lowest BCUT2D eigenvalue weighted by molar-refractivity contribution is -0.127. The Labute approximate surface area is 109 Å². The molecule has 0 aliphatic rings. The van der Waals surface area contributed by atoms with Gasteiger partial charge in [-0.1, -0.05) is 12.1 Å². The summed E-state index contributed by atoms with van der Waals surface area (Å²) in [7, 11) is 3.97. The van der Waals surface area contributed by atoms with Crippen molar-refractivity contribution in [1.29, 1.82) is 0 Å². The molecular weight excluding hydrogens is 232 g/mol. The first-order chi connectivity index (χ1) is 8.27. The number of oxime groups is 1. The molecule has 2 unspecified atom stereocenters. The number of carbonyl (C=O) groups is 1. The van der Waals surface area contributed by atoms with Crippen LogP contribution >= 0.6 is 0 Å². The molecule has 0 aliphatic carbocycles. The molecule has 18 heavy (non-hydrogen) atoms. The molecule has 0 aliphatic heterocycles. The highest BCUT2D eigenvalue weighted by Crippen LogP contribution is 2.21. The van der Waals surface area contributed by atoms with Crippen LogP contribution in [0.5, 0.6) is 0 Å². The minimum atomic E-state index is -0.957. The van der Waals surface area contributed by atoms with Gasteiger partial charge in [-0.2, -0.15) is 0 Å². The lowest BCUT2D eigenvalue weighted by atomic mass is 9.85. The molecule has 0 aromatic carbocycles. The second-order valence-electron chi connectivity index (χ2n) is 5.14. The minimum absolute atomic E-state index is 0.0530. The zero-order chi connectivity index (χ0) is 14.3. The van der Waals surface area contributed by atoms with Crippen molar-refractivity contribution < 1.29 is 10.0 Å². The molecule has 0 heterocycles. The third kappa shape index (κ3) is 4.52. The minimum Gasteiger partial charge on any atom is -0.409 e. The number of nitrogens with two attached hydrogens (primary N) is 1. The van der Waals surface area contributed by atoms with E-state index < -0.39 is 5.41 Å². The van der Waals surface area contributed by atoms with Gasteiger partial charge in [0.2, 0.25) is 5.91 Å². The first-order valence-electron chi connectivity index (χ1n) is 6.21. The lowest BCUT2D eigenvalue weighted by Gasteiger charge is -2.27. The molecule has 0 fully saturated rings. The molecule has 0 radical (unpaired) electrons. The fourth-order valence-electron chi connectivity index (χ4n) is 1.48. The van der Waals surface area contributed by atoms with Crippen molar-refractivity contribution in [1.82, 2.24) is 10.2 Å². The van der Waals surface area contributed by atoms with Crippen molar-refractivity contribution in [2.45, 2.75) is 39.7 Å². The molecule has 0 aromatic rings. The number of rotatable bonds is 7. The predicted molar refractivity (Wildman–Crippen MR) is 72.6 cm³/mol. The molecule has 6 nitrogen and oxygen atoms in total. The van der Waals surface area contributed by atoms with Crippen LogP contribution in [0.1, 0.15) is 33.6 Å². The zero-order valence-corrected chi connectivity index (χ0v) is 12.0. The Kier molecular flexibility index (Phi) is 6.68. The van der Waals surface area contributed by atoms with Crippen molar-refractivity contribution in [3.8, 4) is 0 Å². The molecule has 0 bridgehead atoms. The lowest BCUT2D eigenvalue weighted by Crippen LogP contribution is -2.50. The third-order valence-corrected chi connectivity index (χ3v) is 3.27. The molecule has 0 aromatic heterocycles. The summed E-state index contributed by atoms with van der Waals surface area (Å²) >= 11 is 0. The van der Waals surface area contributed by atoms with Gasteiger partial charge in [-0.25, -0.2) is 0 Å². The van der Waals surface area contributed by atoms with Crippen LogP contribution < -0.4 is 11.1 Å². The fourth-order valence-corrected chi connectivity index (χ4v) is 1.48. The summed E-state index contributed by atoms with van der Waals surface area (Å²) in [5.74, 6) is -0.256. The number of hydrogen-bond acceptors (Lipinski definition) is 4. The van der Waals surface area contributed by atoms with E-state index in [1.165, 1.54) is 0 Å². The summed E-state index contributed by atoms with van der Waals surface area (Å²) in [5, 5.41) is 14.6. The average molecular weight is 258 g/mol. The van der Waals surface area contributed by atoms with Crippen LogP contribution in [0.25, 0.3) is 0 Å². The SMILES string of the molecule is CCC(C)(C(=O)NC(C)CCN(C)C)C(N)=NO. The van der Waals surface area contributed by atoms with E-state index in [0.717, 1.165) is 13.0 Å². The van der Waals surface area contributed by atoms with Crippen LogP contribution in [0.3, 0.4) is 0 Å². The molecule has 2 atom stereocenters. The highest BCUT2D eigenvalue weighted by molar-refractivity contribution is 6.06. The summed E-state index contributed by atoms with van der Waals surface area (Å²) in [6, 6.07) is 0.0530. The molecule has 0 rings (SSSR count). The number of amidine groups is 1. The highest BCUT2D eigenvalue weighted by atomic mass is 16.4. The Balaban J connectivity index is 4.54. The van der Waals surface area contributed by atoms with Gasteiger partial charge in [0, 0.05) is 6.04 Å². The molecule has 1 amide bonds. The molecule has 0 spiro atoms. The molecular formula is C12H26N4O2. The molecule has 6 heteroatoms. The van der Waals surface area contributed by atoms with E-state index in [1.807, 2.05) is 27.9 Å². The van der Waals surface area contributed by atoms with E-state index >= 15 is 0 Å². The van der Waals surface area contributed by atoms with Crippen LogP contribution in [0.2, 0.25) is 0 Å². The van der Waals surface area contributed by atoms with Crippen molar-refractivity contribution in [3.63, 3.8) is 0 Å². The van der Waals surface area contributed by atoms with Gasteiger partial charge < -0.3 is 21.2 Å². The molecule has 106 valence electrons. The highest BCUT2D eigenvalue weighted by Gasteiger charge is 2.36. The summed E-state index contributed by atoms with van der Waals surface area (Å²) < 4.78 is 0. The summed E-state index contributed by atoms with van der Waals surface area (Å²) in [6.07, 6.45) is 1.34. The van der Waals surface area contributed by atoms with E-state index in [4.69, 9.17) is 10.9 Å². The number of hydrogen-bond donors (Lipinski definition) is 3. The molecule has 0 saturated carbocycles. The maximum atomic E-state index is 12.2. The topological polar surface area (TPSA) is 91.0 Å². The Morgan fingerprint density at radius 1 is 1.56 bits per heavy atom. The maximum absolute atomic E-state index is 12.2. The number of nitrogens with zero attached hydrogens (tertiary/aromatic N) is 2. The quantitative estimate of drug-likeness (QED) is 0.270. The van der Waals surface area contributed by atoms with Crippen LogP contribution in [0.4, 0.5) is 0 Å². The monoisotopic (exact) mass is 258 g/mol. The van der Waals surface area contributed by atoms with E-state index in [2.05, 4.69) is 15.4 Å². The van der Waals surface area contributed by atoms with E-state index in [9.17, 15) is 4.79 Å². The normalized spacial score (nSPS) is 17.3. The van der Waals surface area contributed by atoms with Gasteiger partial charge in [0.1, 0.15) is 5.41 Å². The fraction of sp³-hybridized carbons (Fsp3) is 0.833. The van der Waals surface area contributed by atoms with Crippen LogP contribution in [0, 0.1) is 5.41 Å².